The number of benzene rings is 1. The predicted octanol–water partition coefficient (Wildman–Crippen LogP) is 2.24. The van der Waals surface area contributed by atoms with Crippen molar-refractivity contribution in [1.82, 2.24) is 0 Å². The Kier molecular flexibility index (Phi) is 3.03. The normalized spacial score (nSPS) is 18.2. The summed E-state index contributed by atoms with van der Waals surface area (Å²) in [6.07, 6.45) is 2.27. The number of halogens is 1. The molecule has 1 unspecified atom stereocenters. The molecule has 0 heterocycles. The Morgan fingerprint density at radius 1 is 1.59 bits per heavy atom. The van der Waals surface area contributed by atoms with Crippen LogP contribution in [0.2, 0.25) is 0 Å². The van der Waals surface area contributed by atoms with Gasteiger partial charge in [-0.15, -0.1) is 0 Å². The number of nitrogens with one attached hydrogen (secondary N) is 1. The molecule has 2 rings (SSSR count). The van der Waals surface area contributed by atoms with Crippen LogP contribution >= 0.6 is 0 Å². The number of nitriles is 1. The second-order valence-electron chi connectivity index (χ2n) is 4.80. The number of nitrogens with two attached hydrogens (primary N) is 1. The zero-order chi connectivity index (χ0) is 12.5. The first-order valence-electron chi connectivity index (χ1n) is 5.77. The van der Waals surface area contributed by atoms with E-state index in [0.29, 0.717) is 18.2 Å². The van der Waals surface area contributed by atoms with Crippen LogP contribution in [-0.4, -0.2) is 12.1 Å². The summed E-state index contributed by atoms with van der Waals surface area (Å²) in [7, 11) is 0. The van der Waals surface area contributed by atoms with Gasteiger partial charge < -0.3 is 11.1 Å². The lowest BCUT2D eigenvalue weighted by atomic mass is 9.95. The zero-order valence-corrected chi connectivity index (χ0v) is 9.83. The Morgan fingerprint density at radius 2 is 2.29 bits per heavy atom. The quantitative estimate of drug-likeness (QED) is 0.838. The smallest absolute Gasteiger partial charge is 0.143 e. The third-order valence-corrected chi connectivity index (χ3v) is 3.45. The second kappa shape index (κ2) is 4.34. The monoisotopic (exact) mass is 233 g/mol. The molecule has 1 aliphatic carbocycles. The Balaban J connectivity index is 2.29. The van der Waals surface area contributed by atoms with Crippen molar-refractivity contribution in [2.24, 2.45) is 11.7 Å². The van der Waals surface area contributed by atoms with Crippen molar-refractivity contribution >= 4 is 5.69 Å². The highest BCUT2D eigenvalue weighted by atomic mass is 19.1. The van der Waals surface area contributed by atoms with Crippen LogP contribution in [0.3, 0.4) is 0 Å². The van der Waals surface area contributed by atoms with Gasteiger partial charge in [0.05, 0.1) is 5.69 Å². The van der Waals surface area contributed by atoms with Gasteiger partial charge in [-0.25, -0.2) is 4.39 Å². The number of hydrogen-bond acceptors (Lipinski definition) is 3. The number of rotatable bonds is 4. The van der Waals surface area contributed by atoms with Crippen LogP contribution in [0.5, 0.6) is 0 Å². The Bertz CT molecular complexity index is 462. The first-order valence-corrected chi connectivity index (χ1v) is 5.77. The average Bonchev–Trinajstić information content (AvgIpc) is 3.13. The molecule has 1 aromatic rings. The summed E-state index contributed by atoms with van der Waals surface area (Å²) in [6.45, 7) is 2.50. The molecule has 1 aliphatic rings. The first-order chi connectivity index (χ1) is 8.10. The van der Waals surface area contributed by atoms with E-state index in [9.17, 15) is 4.39 Å². The van der Waals surface area contributed by atoms with E-state index in [-0.39, 0.29) is 11.1 Å². The molecule has 90 valence electrons. The van der Waals surface area contributed by atoms with Crippen LogP contribution in [0, 0.1) is 23.1 Å². The maximum Gasteiger partial charge on any atom is 0.143 e. The minimum atomic E-state index is -0.493. The lowest BCUT2D eigenvalue weighted by molar-refractivity contribution is 0.459. The van der Waals surface area contributed by atoms with E-state index in [2.05, 4.69) is 5.32 Å². The van der Waals surface area contributed by atoms with Crippen molar-refractivity contribution in [3.05, 3.63) is 29.6 Å². The molecule has 17 heavy (non-hydrogen) atoms. The fourth-order valence-corrected chi connectivity index (χ4v) is 2.09. The van der Waals surface area contributed by atoms with Crippen molar-refractivity contribution in [2.75, 3.05) is 11.9 Å². The van der Waals surface area contributed by atoms with Gasteiger partial charge in [-0.3, -0.25) is 0 Å². The van der Waals surface area contributed by atoms with Crippen LogP contribution in [0.1, 0.15) is 25.3 Å². The van der Waals surface area contributed by atoms with Gasteiger partial charge in [-0.2, -0.15) is 5.26 Å². The summed E-state index contributed by atoms with van der Waals surface area (Å²) in [5.74, 6) is 0.0231. The van der Waals surface area contributed by atoms with Gasteiger partial charge in [-0.05, 0) is 37.8 Å². The van der Waals surface area contributed by atoms with Crippen LogP contribution in [0.4, 0.5) is 10.1 Å². The summed E-state index contributed by atoms with van der Waals surface area (Å²) in [5.41, 5.74) is 6.13. The van der Waals surface area contributed by atoms with E-state index < -0.39 is 5.82 Å². The fourth-order valence-electron chi connectivity index (χ4n) is 2.09. The van der Waals surface area contributed by atoms with Gasteiger partial charge in [0.25, 0.3) is 0 Å². The van der Waals surface area contributed by atoms with Gasteiger partial charge in [0, 0.05) is 12.1 Å². The van der Waals surface area contributed by atoms with Gasteiger partial charge >= 0.3 is 0 Å². The van der Waals surface area contributed by atoms with E-state index in [4.69, 9.17) is 11.0 Å². The van der Waals surface area contributed by atoms with Crippen LogP contribution in [0.15, 0.2) is 18.2 Å². The SMILES string of the molecule is CC(CN)(Nc1cccc(F)c1C#N)C1CC1. The van der Waals surface area contributed by atoms with E-state index in [1.165, 1.54) is 6.07 Å². The highest BCUT2D eigenvalue weighted by molar-refractivity contribution is 5.59. The highest BCUT2D eigenvalue weighted by Gasteiger charge is 2.40. The predicted molar refractivity (Wildman–Crippen MR) is 64.9 cm³/mol. The molecule has 1 aromatic carbocycles. The summed E-state index contributed by atoms with van der Waals surface area (Å²) in [5, 5.41) is 12.2. The largest absolute Gasteiger partial charge is 0.377 e. The molecule has 1 atom stereocenters. The zero-order valence-electron chi connectivity index (χ0n) is 9.83. The van der Waals surface area contributed by atoms with Gasteiger partial charge in [-0.1, -0.05) is 6.07 Å². The maximum absolute atomic E-state index is 13.5. The summed E-state index contributed by atoms with van der Waals surface area (Å²) < 4.78 is 13.5. The molecule has 0 saturated heterocycles. The molecule has 3 nitrogen and oxygen atoms in total. The van der Waals surface area contributed by atoms with E-state index in [0.717, 1.165) is 12.8 Å². The molecule has 4 heteroatoms. The molecule has 0 spiro atoms. The van der Waals surface area contributed by atoms with Gasteiger partial charge in [0.2, 0.25) is 0 Å². The van der Waals surface area contributed by atoms with E-state index in [1.807, 2.05) is 13.0 Å². The van der Waals surface area contributed by atoms with Crippen molar-refractivity contribution in [1.29, 1.82) is 5.26 Å². The Hall–Kier alpha value is -1.60. The third-order valence-electron chi connectivity index (χ3n) is 3.45. The van der Waals surface area contributed by atoms with Crippen molar-refractivity contribution in [3.8, 4) is 6.07 Å². The van der Waals surface area contributed by atoms with Gasteiger partial charge in [0.1, 0.15) is 17.4 Å². The Morgan fingerprint density at radius 3 is 2.82 bits per heavy atom. The second-order valence-corrected chi connectivity index (χ2v) is 4.80. The summed E-state index contributed by atoms with van der Waals surface area (Å²) >= 11 is 0. The summed E-state index contributed by atoms with van der Waals surface area (Å²) in [4.78, 5) is 0. The number of anilines is 1. The van der Waals surface area contributed by atoms with E-state index in [1.54, 1.807) is 12.1 Å². The minimum absolute atomic E-state index is 0.0628. The Labute approximate surface area is 100 Å². The first kappa shape index (κ1) is 11.9. The lowest BCUT2D eigenvalue weighted by Gasteiger charge is -2.31. The third kappa shape index (κ3) is 2.25. The molecule has 0 aromatic heterocycles. The lowest BCUT2D eigenvalue weighted by Crippen LogP contribution is -2.44. The van der Waals surface area contributed by atoms with Crippen molar-refractivity contribution < 1.29 is 4.39 Å². The maximum atomic E-state index is 13.5. The molecule has 0 bridgehead atoms. The standard InChI is InChI=1S/C13H16FN3/c1-13(8-16,9-5-6-9)17-12-4-2-3-11(14)10(12)7-15/h2-4,9,17H,5-6,8,16H2,1H3. The number of nitrogens with zero attached hydrogens (tertiary/aromatic N) is 1. The molecule has 0 amide bonds. The van der Waals surface area contributed by atoms with Crippen LogP contribution in [0.25, 0.3) is 0 Å². The molecule has 0 radical (unpaired) electrons. The van der Waals surface area contributed by atoms with Crippen LogP contribution < -0.4 is 11.1 Å². The van der Waals surface area contributed by atoms with Crippen LogP contribution in [-0.2, 0) is 0 Å². The molecular weight excluding hydrogens is 217 g/mol. The molecule has 3 N–H and O–H groups in total. The minimum Gasteiger partial charge on any atom is -0.377 e. The summed E-state index contributed by atoms with van der Waals surface area (Å²) in [6, 6.07) is 6.50. The fraction of sp³-hybridized carbons (Fsp3) is 0.462. The van der Waals surface area contributed by atoms with Crippen molar-refractivity contribution in [3.63, 3.8) is 0 Å². The molecule has 1 fully saturated rings. The van der Waals surface area contributed by atoms with Crippen molar-refractivity contribution in [2.45, 2.75) is 25.3 Å². The molecule has 0 aliphatic heterocycles. The number of hydrogen-bond donors (Lipinski definition) is 2. The molecule has 1 saturated carbocycles. The molecular formula is C13H16FN3. The van der Waals surface area contributed by atoms with Gasteiger partial charge in [0.15, 0.2) is 0 Å². The topological polar surface area (TPSA) is 61.8 Å². The van der Waals surface area contributed by atoms with E-state index >= 15 is 0 Å². The highest BCUT2D eigenvalue weighted by Crippen LogP contribution is 2.41. The average molecular weight is 233 g/mol.